The average Bonchev–Trinajstić information content (AvgIpc) is 2.74. The Morgan fingerprint density at radius 2 is 1.80 bits per heavy atom. The van der Waals surface area contributed by atoms with Gasteiger partial charge in [0.25, 0.3) is 0 Å². The van der Waals surface area contributed by atoms with Crippen molar-refractivity contribution in [1.29, 1.82) is 0 Å². The Labute approximate surface area is 180 Å². The topological polar surface area (TPSA) is 64.6 Å². The minimum absolute atomic E-state index is 0.0939. The van der Waals surface area contributed by atoms with Gasteiger partial charge in [-0.15, -0.1) is 0 Å². The van der Waals surface area contributed by atoms with Crippen molar-refractivity contribution in [2.24, 2.45) is 0 Å². The fourth-order valence-electron chi connectivity index (χ4n) is 3.40. The zero-order valence-corrected chi connectivity index (χ0v) is 18.3. The van der Waals surface area contributed by atoms with Crippen LogP contribution in [0.5, 0.6) is 5.75 Å². The normalized spacial score (nSPS) is 18.7. The Morgan fingerprint density at radius 3 is 2.43 bits per heavy atom. The fourth-order valence-corrected chi connectivity index (χ4v) is 3.40. The summed E-state index contributed by atoms with van der Waals surface area (Å²) in [6.45, 7) is 8.28. The van der Waals surface area contributed by atoms with Crippen molar-refractivity contribution in [2.45, 2.75) is 77.4 Å². The molecule has 1 amide bonds. The zero-order chi connectivity index (χ0) is 21.8. The second-order valence-corrected chi connectivity index (χ2v) is 7.98. The molecule has 0 aliphatic heterocycles. The number of benzene rings is 1. The summed E-state index contributed by atoms with van der Waals surface area (Å²) < 4.78 is 11.3. The molecule has 30 heavy (non-hydrogen) atoms. The molecule has 0 heterocycles. The Hall–Kier alpha value is -2.56. The van der Waals surface area contributed by atoms with Gasteiger partial charge in [-0.3, -0.25) is 4.79 Å². The number of carbonyl (C=O) groups is 2. The van der Waals surface area contributed by atoms with Gasteiger partial charge in [0.1, 0.15) is 11.9 Å². The van der Waals surface area contributed by atoms with E-state index in [1.165, 1.54) is 25.3 Å². The summed E-state index contributed by atoms with van der Waals surface area (Å²) in [5.41, 5.74) is 1.44. The van der Waals surface area contributed by atoms with Gasteiger partial charge in [0.05, 0.1) is 6.61 Å². The SMILES string of the molecule is C=C(C)C(=O)NC1CCC(OC(=O)/C=C/c2ccc(OCCCCCC)cc2)CC1. The van der Waals surface area contributed by atoms with Gasteiger partial charge >= 0.3 is 5.97 Å². The number of nitrogens with one attached hydrogen (secondary N) is 1. The molecule has 2 rings (SSSR count). The van der Waals surface area contributed by atoms with Crippen molar-refractivity contribution in [3.05, 3.63) is 48.1 Å². The largest absolute Gasteiger partial charge is 0.494 e. The average molecular weight is 414 g/mol. The summed E-state index contributed by atoms with van der Waals surface area (Å²) >= 11 is 0. The highest BCUT2D eigenvalue weighted by Crippen LogP contribution is 2.22. The molecule has 5 nitrogen and oxygen atoms in total. The van der Waals surface area contributed by atoms with Crippen LogP contribution >= 0.6 is 0 Å². The Balaban J connectivity index is 1.68. The highest BCUT2D eigenvalue weighted by Gasteiger charge is 2.24. The standard InChI is InChI=1S/C25H35NO4/c1-4-5-6-7-18-29-22-13-8-20(9-14-22)10-17-24(27)30-23-15-11-21(12-16-23)26-25(28)19(2)3/h8-10,13-14,17,21,23H,2,4-7,11-12,15-16,18H2,1,3H3,(H,26,28)/b17-10+. The fraction of sp³-hybridized carbons (Fsp3) is 0.520. The minimum atomic E-state index is -0.333. The Bertz CT molecular complexity index is 715. The summed E-state index contributed by atoms with van der Waals surface area (Å²) in [5, 5.41) is 2.96. The number of hydrogen-bond acceptors (Lipinski definition) is 4. The van der Waals surface area contributed by atoms with Gasteiger partial charge in [0, 0.05) is 17.7 Å². The molecule has 1 N–H and O–H groups in total. The van der Waals surface area contributed by atoms with E-state index in [-0.39, 0.29) is 24.0 Å². The minimum Gasteiger partial charge on any atom is -0.494 e. The molecule has 164 valence electrons. The van der Waals surface area contributed by atoms with Crippen molar-refractivity contribution in [3.8, 4) is 5.75 Å². The summed E-state index contributed by atoms with van der Waals surface area (Å²) in [5.74, 6) is 0.411. The van der Waals surface area contributed by atoms with Crippen molar-refractivity contribution >= 4 is 18.0 Å². The van der Waals surface area contributed by atoms with E-state index in [2.05, 4.69) is 18.8 Å². The highest BCUT2D eigenvalue weighted by molar-refractivity contribution is 5.92. The van der Waals surface area contributed by atoms with Crippen molar-refractivity contribution in [1.82, 2.24) is 5.32 Å². The van der Waals surface area contributed by atoms with Crippen LogP contribution in [0.25, 0.3) is 6.08 Å². The molecule has 0 saturated heterocycles. The van der Waals surface area contributed by atoms with Gasteiger partial charge < -0.3 is 14.8 Å². The van der Waals surface area contributed by atoms with E-state index in [4.69, 9.17) is 9.47 Å². The van der Waals surface area contributed by atoms with Gasteiger partial charge in [-0.1, -0.05) is 44.9 Å². The van der Waals surface area contributed by atoms with Gasteiger partial charge in [0.15, 0.2) is 0 Å². The molecule has 1 saturated carbocycles. The van der Waals surface area contributed by atoms with Crippen LogP contribution in [-0.2, 0) is 14.3 Å². The van der Waals surface area contributed by atoms with Crippen LogP contribution in [0.2, 0.25) is 0 Å². The molecular formula is C25H35NO4. The van der Waals surface area contributed by atoms with E-state index in [9.17, 15) is 9.59 Å². The summed E-state index contributed by atoms with van der Waals surface area (Å²) in [6.07, 6.45) is 11.0. The van der Waals surface area contributed by atoms with Crippen molar-refractivity contribution in [3.63, 3.8) is 0 Å². The van der Waals surface area contributed by atoms with Crippen LogP contribution in [0.4, 0.5) is 0 Å². The van der Waals surface area contributed by atoms with Gasteiger partial charge in [-0.05, 0) is 62.8 Å². The van der Waals surface area contributed by atoms with Crippen LogP contribution in [0.15, 0.2) is 42.5 Å². The van der Waals surface area contributed by atoms with Crippen LogP contribution in [-0.4, -0.2) is 30.6 Å². The molecule has 0 radical (unpaired) electrons. The number of ether oxygens (including phenoxy) is 2. The molecule has 0 unspecified atom stereocenters. The lowest BCUT2D eigenvalue weighted by atomic mass is 9.92. The van der Waals surface area contributed by atoms with E-state index in [0.29, 0.717) is 5.57 Å². The van der Waals surface area contributed by atoms with E-state index < -0.39 is 0 Å². The lowest BCUT2D eigenvalue weighted by Crippen LogP contribution is -2.39. The molecular weight excluding hydrogens is 378 g/mol. The van der Waals surface area contributed by atoms with Crippen LogP contribution in [0.3, 0.4) is 0 Å². The predicted molar refractivity (Wildman–Crippen MR) is 120 cm³/mol. The summed E-state index contributed by atoms with van der Waals surface area (Å²) in [7, 11) is 0. The first-order chi connectivity index (χ1) is 14.5. The third kappa shape index (κ3) is 8.85. The predicted octanol–water partition coefficient (Wildman–Crippen LogP) is 5.21. The van der Waals surface area contributed by atoms with Gasteiger partial charge in [-0.25, -0.2) is 4.79 Å². The second-order valence-electron chi connectivity index (χ2n) is 7.98. The smallest absolute Gasteiger partial charge is 0.331 e. The molecule has 0 aromatic heterocycles. The molecule has 1 aromatic rings. The summed E-state index contributed by atoms with van der Waals surface area (Å²) in [6, 6.07) is 7.84. The lowest BCUT2D eigenvalue weighted by molar-refractivity contribution is -0.144. The molecule has 1 aromatic carbocycles. The molecule has 0 bridgehead atoms. The maximum Gasteiger partial charge on any atom is 0.331 e. The number of unbranched alkanes of at least 4 members (excludes halogenated alkanes) is 3. The second kappa shape index (κ2) is 12.9. The molecule has 1 aliphatic rings. The van der Waals surface area contributed by atoms with Crippen molar-refractivity contribution < 1.29 is 19.1 Å². The molecule has 1 fully saturated rings. The van der Waals surface area contributed by atoms with Crippen LogP contribution < -0.4 is 10.1 Å². The molecule has 0 spiro atoms. The monoisotopic (exact) mass is 413 g/mol. The number of hydrogen-bond donors (Lipinski definition) is 1. The third-order valence-corrected chi connectivity index (χ3v) is 5.24. The quantitative estimate of drug-likeness (QED) is 0.307. The van der Waals surface area contributed by atoms with E-state index >= 15 is 0 Å². The number of esters is 1. The molecule has 1 aliphatic carbocycles. The number of carbonyl (C=O) groups excluding carboxylic acids is 2. The van der Waals surface area contributed by atoms with Gasteiger partial charge in [-0.2, -0.15) is 0 Å². The van der Waals surface area contributed by atoms with E-state index in [1.807, 2.05) is 24.3 Å². The lowest BCUT2D eigenvalue weighted by Gasteiger charge is -2.28. The maximum atomic E-state index is 12.1. The zero-order valence-electron chi connectivity index (χ0n) is 18.3. The van der Waals surface area contributed by atoms with Crippen molar-refractivity contribution in [2.75, 3.05) is 6.61 Å². The number of rotatable bonds is 11. The Morgan fingerprint density at radius 1 is 1.10 bits per heavy atom. The van der Waals surface area contributed by atoms with E-state index in [0.717, 1.165) is 50.0 Å². The highest BCUT2D eigenvalue weighted by atomic mass is 16.5. The first kappa shape index (κ1) is 23.7. The molecule has 5 heteroatoms. The first-order valence-corrected chi connectivity index (χ1v) is 11.1. The number of amides is 1. The van der Waals surface area contributed by atoms with Crippen LogP contribution in [0, 0.1) is 0 Å². The maximum absolute atomic E-state index is 12.1. The Kier molecular flexibility index (Phi) is 10.2. The van der Waals surface area contributed by atoms with Crippen LogP contribution in [0.1, 0.15) is 70.8 Å². The first-order valence-electron chi connectivity index (χ1n) is 11.1. The molecule has 0 atom stereocenters. The summed E-state index contributed by atoms with van der Waals surface area (Å²) in [4.78, 5) is 23.8. The van der Waals surface area contributed by atoms with E-state index in [1.54, 1.807) is 13.0 Å². The third-order valence-electron chi connectivity index (χ3n) is 5.24. The van der Waals surface area contributed by atoms with Gasteiger partial charge in [0.2, 0.25) is 5.91 Å².